The lowest BCUT2D eigenvalue weighted by atomic mass is 10.2. The molecule has 0 radical (unpaired) electrons. The molecule has 30 heavy (non-hydrogen) atoms. The summed E-state index contributed by atoms with van der Waals surface area (Å²) in [7, 11) is 3.06. The number of aromatic nitrogens is 4. The van der Waals surface area contributed by atoms with Crippen molar-refractivity contribution in [2.75, 3.05) is 19.5 Å². The van der Waals surface area contributed by atoms with Crippen LogP contribution in [0.4, 0.5) is 5.69 Å². The number of hydrogen-bond donors (Lipinski definition) is 1. The number of methoxy groups -OCH3 is 2. The summed E-state index contributed by atoms with van der Waals surface area (Å²) < 4.78 is 13.6. The highest BCUT2D eigenvalue weighted by Gasteiger charge is 2.17. The van der Waals surface area contributed by atoms with Crippen LogP contribution in [0.2, 0.25) is 0 Å². The Kier molecular flexibility index (Phi) is 5.09. The van der Waals surface area contributed by atoms with Crippen molar-refractivity contribution in [1.82, 2.24) is 19.2 Å². The van der Waals surface area contributed by atoms with Crippen LogP contribution in [-0.4, -0.2) is 39.3 Å². The molecule has 154 valence electrons. The van der Waals surface area contributed by atoms with Crippen molar-refractivity contribution in [1.29, 1.82) is 0 Å². The number of carbonyl (C=O) groups is 1. The van der Waals surface area contributed by atoms with Gasteiger partial charge in [0.15, 0.2) is 0 Å². The Labute approximate surface area is 171 Å². The van der Waals surface area contributed by atoms with Crippen molar-refractivity contribution in [3.63, 3.8) is 0 Å². The minimum Gasteiger partial charge on any atom is -0.497 e. The monoisotopic (exact) mass is 407 g/mol. The van der Waals surface area contributed by atoms with Crippen LogP contribution in [0.25, 0.3) is 16.7 Å². The van der Waals surface area contributed by atoms with Gasteiger partial charge in [-0.25, -0.2) is 0 Å². The van der Waals surface area contributed by atoms with Gasteiger partial charge in [-0.3, -0.25) is 18.6 Å². The fourth-order valence-electron chi connectivity index (χ4n) is 3.43. The summed E-state index contributed by atoms with van der Waals surface area (Å²) in [6, 6.07) is 12.4. The standard InChI is InChI=1S/C21H21N5O4/c1-4-18-23-24-20-21(28)25(16-7-5-6-8-17(16)26(18)20)12-19(27)22-13-9-14(29-2)11-15(10-13)30-3/h5-11H,4,12H2,1-3H3,(H,22,27). The van der Waals surface area contributed by atoms with Gasteiger partial charge in [-0.05, 0) is 12.1 Å². The number of nitrogens with zero attached hydrogens (tertiary/aromatic N) is 4. The topological polar surface area (TPSA) is 99.8 Å². The van der Waals surface area contributed by atoms with Gasteiger partial charge < -0.3 is 14.8 Å². The molecule has 0 bridgehead atoms. The van der Waals surface area contributed by atoms with Gasteiger partial charge in [0.2, 0.25) is 11.6 Å². The second-order valence-electron chi connectivity index (χ2n) is 6.66. The van der Waals surface area contributed by atoms with E-state index in [2.05, 4.69) is 15.5 Å². The molecule has 0 spiro atoms. The molecule has 2 aromatic carbocycles. The fraction of sp³-hybridized carbons (Fsp3) is 0.238. The number of anilines is 1. The SMILES string of the molecule is CCc1nnc2c(=O)n(CC(=O)Nc3cc(OC)cc(OC)c3)c3ccccc3n12. The molecule has 0 aliphatic carbocycles. The van der Waals surface area contributed by atoms with E-state index < -0.39 is 0 Å². The van der Waals surface area contributed by atoms with Gasteiger partial charge in [-0.2, -0.15) is 0 Å². The van der Waals surface area contributed by atoms with Gasteiger partial charge in [0.25, 0.3) is 5.56 Å². The zero-order chi connectivity index (χ0) is 21.3. The predicted molar refractivity (Wildman–Crippen MR) is 112 cm³/mol. The number of amides is 1. The van der Waals surface area contributed by atoms with Crippen LogP contribution in [0.3, 0.4) is 0 Å². The number of ether oxygens (including phenoxy) is 2. The molecular weight excluding hydrogens is 386 g/mol. The Morgan fingerprint density at radius 3 is 2.33 bits per heavy atom. The van der Waals surface area contributed by atoms with Crippen molar-refractivity contribution >= 4 is 28.3 Å². The second kappa shape index (κ2) is 7.86. The molecule has 0 fully saturated rings. The molecule has 0 saturated carbocycles. The first-order chi connectivity index (χ1) is 14.5. The molecule has 9 heteroatoms. The average molecular weight is 407 g/mol. The maximum atomic E-state index is 13.1. The van der Waals surface area contributed by atoms with Crippen molar-refractivity contribution in [3.05, 3.63) is 58.6 Å². The molecule has 4 rings (SSSR count). The first-order valence-electron chi connectivity index (χ1n) is 9.44. The number of rotatable bonds is 6. The number of carbonyl (C=O) groups excluding carboxylic acids is 1. The smallest absolute Gasteiger partial charge is 0.297 e. The van der Waals surface area contributed by atoms with Crippen molar-refractivity contribution in [2.24, 2.45) is 0 Å². The van der Waals surface area contributed by atoms with Gasteiger partial charge in [-0.15, -0.1) is 10.2 Å². The minimum absolute atomic E-state index is 0.177. The zero-order valence-corrected chi connectivity index (χ0v) is 16.9. The van der Waals surface area contributed by atoms with Gasteiger partial charge in [0.1, 0.15) is 23.9 Å². The molecule has 1 amide bonds. The lowest BCUT2D eigenvalue weighted by Gasteiger charge is -2.13. The molecular formula is C21H21N5O4. The Bertz CT molecular complexity index is 1290. The van der Waals surface area contributed by atoms with E-state index in [0.29, 0.717) is 34.9 Å². The number of benzene rings is 2. The van der Waals surface area contributed by atoms with E-state index in [-0.39, 0.29) is 23.7 Å². The fourth-order valence-corrected chi connectivity index (χ4v) is 3.43. The van der Waals surface area contributed by atoms with Gasteiger partial charge >= 0.3 is 0 Å². The molecule has 0 aliphatic heterocycles. The van der Waals surface area contributed by atoms with Crippen LogP contribution in [0.15, 0.2) is 47.3 Å². The largest absolute Gasteiger partial charge is 0.497 e. The molecule has 0 aliphatic rings. The molecule has 9 nitrogen and oxygen atoms in total. The summed E-state index contributed by atoms with van der Waals surface area (Å²) in [6.07, 6.45) is 0.632. The average Bonchev–Trinajstić information content (AvgIpc) is 3.21. The zero-order valence-electron chi connectivity index (χ0n) is 16.9. The van der Waals surface area contributed by atoms with Crippen LogP contribution >= 0.6 is 0 Å². The summed E-state index contributed by atoms with van der Waals surface area (Å²) in [4.78, 5) is 25.9. The maximum absolute atomic E-state index is 13.1. The Morgan fingerprint density at radius 2 is 1.70 bits per heavy atom. The van der Waals surface area contributed by atoms with Crippen LogP contribution in [0.1, 0.15) is 12.7 Å². The van der Waals surface area contributed by atoms with E-state index in [9.17, 15) is 9.59 Å². The number of hydrogen-bond acceptors (Lipinski definition) is 6. The van der Waals surface area contributed by atoms with E-state index in [0.717, 1.165) is 5.52 Å². The Balaban J connectivity index is 1.74. The first-order valence-corrected chi connectivity index (χ1v) is 9.44. The molecule has 2 aromatic heterocycles. The minimum atomic E-state index is -0.376. The van der Waals surface area contributed by atoms with Gasteiger partial charge in [0, 0.05) is 30.3 Å². The Hall–Kier alpha value is -3.88. The van der Waals surface area contributed by atoms with Crippen molar-refractivity contribution in [3.8, 4) is 11.5 Å². The highest BCUT2D eigenvalue weighted by molar-refractivity contribution is 5.92. The van der Waals surface area contributed by atoms with Crippen LogP contribution in [0.5, 0.6) is 11.5 Å². The highest BCUT2D eigenvalue weighted by Crippen LogP contribution is 2.26. The van der Waals surface area contributed by atoms with Gasteiger partial charge in [-0.1, -0.05) is 19.1 Å². The molecule has 1 N–H and O–H groups in total. The first kappa shape index (κ1) is 19.4. The number of nitrogens with one attached hydrogen (secondary N) is 1. The van der Waals surface area contributed by atoms with Crippen molar-refractivity contribution < 1.29 is 14.3 Å². The third-order valence-electron chi connectivity index (χ3n) is 4.83. The number of para-hydroxylation sites is 2. The van der Waals surface area contributed by atoms with Crippen LogP contribution in [-0.2, 0) is 17.8 Å². The van der Waals surface area contributed by atoms with Gasteiger partial charge in [0.05, 0.1) is 25.3 Å². The summed E-state index contributed by atoms with van der Waals surface area (Å²) >= 11 is 0. The third kappa shape index (κ3) is 3.34. The quantitative estimate of drug-likeness (QED) is 0.526. The summed E-state index contributed by atoms with van der Waals surface area (Å²) in [5.41, 5.74) is 1.72. The third-order valence-corrected chi connectivity index (χ3v) is 4.83. The van der Waals surface area contributed by atoms with Crippen molar-refractivity contribution in [2.45, 2.75) is 19.9 Å². The highest BCUT2D eigenvalue weighted by atomic mass is 16.5. The predicted octanol–water partition coefficient (Wildman–Crippen LogP) is 2.26. The summed E-state index contributed by atoms with van der Waals surface area (Å²) in [5, 5.41) is 11.0. The lowest BCUT2D eigenvalue weighted by Crippen LogP contribution is -2.29. The van der Waals surface area contributed by atoms with Crippen LogP contribution < -0.4 is 20.3 Å². The molecule has 2 heterocycles. The van der Waals surface area contributed by atoms with E-state index in [1.165, 1.54) is 18.8 Å². The molecule has 0 unspecified atom stereocenters. The lowest BCUT2D eigenvalue weighted by molar-refractivity contribution is -0.116. The second-order valence-corrected chi connectivity index (χ2v) is 6.66. The summed E-state index contributed by atoms with van der Waals surface area (Å²) in [6.45, 7) is 1.77. The normalized spacial score (nSPS) is 11.0. The van der Waals surface area contributed by atoms with E-state index in [4.69, 9.17) is 9.47 Å². The maximum Gasteiger partial charge on any atom is 0.297 e. The molecule has 0 atom stereocenters. The number of fused-ring (bicyclic) bond motifs is 3. The van der Waals surface area contributed by atoms with Crippen LogP contribution in [0, 0.1) is 0 Å². The Morgan fingerprint density at radius 1 is 1.03 bits per heavy atom. The van der Waals surface area contributed by atoms with E-state index >= 15 is 0 Å². The van der Waals surface area contributed by atoms with E-state index in [1.54, 1.807) is 28.7 Å². The van der Waals surface area contributed by atoms with E-state index in [1.807, 2.05) is 25.1 Å². The summed E-state index contributed by atoms with van der Waals surface area (Å²) in [5.74, 6) is 1.42. The number of aryl methyl sites for hydroxylation is 1. The molecule has 0 saturated heterocycles. The molecule has 4 aromatic rings.